The van der Waals surface area contributed by atoms with Gasteiger partial charge in [0.05, 0.1) is 0 Å². The second-order valence-corrected chi connectivity index (χ2v) is 8.64. The van der Waals surface area contributed by atoms with Gasteiger partial charge in [0.25, 0.3) is 5.91 Å². The van der Waals surface area contributed by atoms with Crippen LogP contribution < -0.4 is 0 Å². The molecule has 0 aromatic heterocycles. The average molecular weight is 408 g/mol. The van der Waals surface area contributed by atoms with Crippen molar-refractivity contribution in [2.24, 2.45) is 5.41 Å². The summed E-state index contributed by atoms with van der Waals surface area (Å²) in [5.41, 5.74) is -1.09. The monoisotopic (exact) mass is 407 g/mol. The Morgan fingerprint density at radius 1 is 1.29 bits per heavy atom. The van der Waals surface area contributed by atoms with Crippen molar-refractivity contribution < 1.29 is 19.1 Å². The fourth-order valence-corrected chi connectivity index (χ4v) is 4.36. The summed E-state index contributed by atoms with van der Waals surface area (Å²) in [6, 6.07) is 6.09. The first-order valence-corrected chi connectivity index (χ1v) is 10.4. The van der Waals surface area contributed by atoms with Gasteiger partial charge in [0.15, 0.2) is 5.05 Å². The normalized spacial score (nSPS) is 22.3. The van der Waals surface area contributed by atoms with Crippen LogP contribution in [0.3, 0.4) is 0 Å². The van der Waals surface area contributed by atoms with Crippen molar-refractivity contribution in [1.29, 1.82) is 0 Å². The lowest BCUT2D eigenvalue weighted by atomic mass is 9.76. The Labute approximate surface area is 172 Å². The number of benzene rings is 1. The fourth-order valence-electron chi connectivity index (χ4n) is 4.00. The van der Waals surface area contributed by atoms with Crippen LogP contribution in [-0.4, -0.2) is 38.8 Å². The maximum atomic E-state index is 13.4. The van der Waals surface area contributed by atoms with E-state index in [9.17, 15) is 19.1 Å². The van der Waals surface area contributed by atoms with Crippen LogP contribution in [0.1, 0.15) is 71.3 Å². The molecule has 1 N–H and O–H groups in total. The Morgan fingerprint density at radius 3 is 2.39 bits per heavy atom. The van der Waals surface area contributed by atoms with E-state index in [1.165, 1.54) is 17.0 Å². The van der Waals surface area contributed by atoms with E-state index in [4.69, 9.17) is 12.2 Å². The molecule has 1 aliphatic rings. The van der Waals surface area contributed by atoms with Gasteiger partial charge in [-0.15, -0.1) is 0 Å². The lowest BCUT2D eigenvalue weighted by molar-refractivity contribution is -0.151. The van der Waals surface area contributed by atoms with Gasteiger partial charge < -0.3 is 10.0 Å². The first-order chi connectivity index (χ1) is 13.1. The lowest BCUT2D eigenvalue weighted by Gasteiger charge is -2.41. The number of rotatable bonds is 8. The van der Waals surface area contributed by atoms with E-state index >= 15 is 0 Å². The predicted octanol–water partition coefficient (Wildman–Crippen LogP) is 4.96. The molecule has 154 valence electrons. The average Bonchev–Trinajstić information content (AvgIpc) is 3.06. The number of unbranched alkanes of at least 4 members (excludes halogenated alkanes) is 1. The van der Waals surface area contributed by atoms with Crippen LogP contribution in [0.25, 0.3) is 0 Å². The SMILES string of the molecule is CCCCC1(C(O)=S)C(c2ccc(F)cc2)CCN1C(=O)C(=O)C(C)(C)CC. The summed E-state index contributed by atoms with van der Waals surface area (Å²) in [4.78, 5) is 27.6. The number of hydrogen-bond donors (Lipinski definition) is 1. The number of carbonyl (C=O) groups excluding carboxylic acids is 2. The van der Waals surface area contributed by atoms with Crippen LogP contribution in [-0.2, 0) is 9.59 Å². The van der Waals surface area contributed by atoms with Gasteiger partial charge in [-0.2, -0.15) is 0 Å². The third kappa shape index (κ3) is 3.97. The van der Waals surface area contributed by atoms with Gasteiger partial charge in [-0.05, 0) is 49.2 Å². The minimum absolute atomic E-state index is 0.275. The van der Waals surface area contributed by atoms with Gasteiger partial charge in [-0.1, -0.05) is 52.7 Å². The molecule has 2 rings (SSSR count). The number of amides is 1. The van der Waals surface area contributed by atoms with Gasteiger partial charge in [0.2, 0.25) is 5.78 Å². The van der Waals surface area contributed by atoms with E-state index in [-0.39, 0.29) is 16.8 Å². The molecule has 1 aromatic carbocycles. The van der Waals surface area contributed by atoms with Gasteiger partial charge in [0.1, 0.15) is 11.4 Å². The molecule has 1 amide bonds. The highest BCUT2D eigenvalue weighted by atomic mass is 32.1. The largest absolute Gasteiger partial charge is 0.500 e. The van der Waals surface area contributed by atoms with Crippen molar-refractivity contribution >= 4 is 29.0 Å². The second-order valence-electron chi connectivity index (χ2n) is 8.25. The van der Waals surface area contributed by atoms with Crippen LogP contribution >= 0.6 is 12.2 Å². The number of aliphatic hydroxyl groups is 1. The molecule has 1 saturated heterocycles. The van der Waals surface area contributed by atoms with Crippen LogP contribution in [0.2, 0.25) is 0 Å². The molecule has 2 unspecified atom stereocenters. The zero-order valence-corrected chi connectivity index (χ0v) is 17.9. The van der Waals surface area contributed by atoms with Crippen molar-refractivity contribution in [3.63, 3.8) is 0 Å². The molecule has 1 fully saturated rings. The highest BCUT2D eigenvalue weighted by molar-refractivity contribution is 7.80. The third-order valence-electron chi connectivity index (χ3n) is 6.19. The lowest BCUT2D eigenvalue weighted by Crippen LogP contribution is -2.58. The molecule has 28 heavy (non-hydrogen) atoms. The molecular weight excluding hydrogens is 377 g/mol. The number of hydrogen-bond acceptors (Lipinski definition) is 3. The van der Waals surface area contributed by atoms with Gasteiger partial charge in [-0.25, -0.2) is 4.39 Å². The number of likely N-dealkylation sites (tertiary alicyclic amines) is 1. The Hall–Kier alpha value is -1.82. The zero-order valence-electron chi connectivity index (χ0n) is 17.1. The first kappa shape index (κ1) is 22.5. The van der Waals surface area contributed by atoms with Gasteiger partial charge in [-0.3, -0.25) is 9.59 Å². The van der Waals surface area contributed by atoms with Crippen molar-refractivity contribution in [2.75, 3.05) is 6.54 Å². The summed E-state index contributed by atoms with van der Waals surface area (Å²) >= 11 is 5.26. The summed E-state index contributed by atoms with van der Waals surface area (Å²) in [7, 11) is 0. The Kier molecular flexibility index (Phi) is 6.97. The summed E-state index contributed by atoms with van der Waals surface area (Å²) in [6.45, 7) is 7.74. The minimum Gasteiger partial charge on any atom is -0.500 e. The standard InChI is InChI=1S/C22H30FNO3S/c1-5-7-13-22(20(27)28)17(15-8-10-16(23)11-9-15)12-14-24(22)19(26)18(25)21(3,4)6-2/h8-11,17H,5-7,12-14H2,1-4H3,(H,27,28). The highest BCUT2D eigenvalue weighted by Crippen LogP contribution is 2.46. The Balaban J connectivity index is 2.52. The van der Waals surface area contributed by atoms with Crippen molar-refractivity contribution in [1.82, 2.24) is 4.90 Å². The molecule has 0 saturated carbocycles. The third-order valence-corrected chi connectivity index (χ3v) is 6.55. The van der Waals surface area contributed by atoms with Crippen LogP contribution in [0.4, 0.5) is 4.39 Å². The molecular formula is C22H30FNO3S. The van der Waals surface area contributed by atoms with Crippen LogP contribution in [0, 0.1) is 11.2 Å². The topological polar surface area (TPSA) is 57.6 Å². The van der Waals surface area contributed by atoms with E-state index in [1.807, 2.05) is 13.8 Å². The number of thiocarbonyl (C=S) groups is 1. The first-order valence-electron chi connectivity index (χ1n) is 9.97. The number of Topliss-reactive ketones (excluding diaryl/α,β-unsaturated/α-hetero) is 1. The van der Waals surface area contributed by atoms with Crippen molar-refractivity contribution in [3.8, 4) is 0 Å². The second kappa shape index (κ2) is 8.68. The number of nitrogens with zero attached hydrogens (tertiary/aromatic N) is 1. The molecule has 1 aliphatic heterocycles. The molecule has 4 nitrogen and oxygen atoms in total. The van der Waals surface area contributed by atoms with Crippen molar-refractivity contribution in [3.05, 3.63) is 35.6 Å². The molecule has 1 aromatic rings. The number of carbonyl (C=O) groups is 2. The van der Waals surface area contributed by atoms with Crippen LogP contribution in [0.5, 0.6) is 0 Å². The quantitative estimate of drug-likeness (QED) is 0.489. The smallest absolute Gasteiger partial charge is 0.291 e. The predicted molar refractivity (Wildman–Crippen MR) is 112 cm³/mol. The van der Waals surface area contributed by atoms with E-state index in [2.05, 4.69) is 0 Å². The van der Waals surface area contributed by atoms with E-state index < -0.39 is 22.6 Å². The summed E-state index contributed by atoms with van der Waals surface area (Å²) in [5.74, 6) is -1.69. The van der Waals surface area contributed by atoms with E-state index in [1.54, 1.807) is 26.0 Å². The number of ketones is 1. The van der Waals surface area contributed by atoms with Crippen LogP contribution in [0.15, 0.2) is 24.3 Å². The zero-order chi connectivity index (χ0) is 21.1. The van der Waals surface area contributed by atoms with Gasteiger partial charge in [0, 0.05) is 17.9 Å². The summed E-state index contributed by atoms with van der Waals surface area (Å²) < 4.78 is 13.4. The molecule has 0 radical (unpaired) electrons. The number of aliphatic hydroxyl groups excluding tert-OH is 1. The molecule has 1 heterocycles. The molecule has 0 aliphatic carbocycles. The number of halogens is 1. The Morgan fingerprint density at radius 2 is 1.89 bits per heavy atom. The Bertz CT molecular complexity index is 747. The van der Waals surface area contributed by atoms with Gasteiger partial charge >= 0.3 is 0 Å². The molecule has 6 heteroatoms. The fraction of sp³-hybridized carbons (Fsp3) is 0.591. The van der Waals surface area contributed by atoms with E-state index in [0.717, 1.165) is 18.4 Å². The minimum atomic E-state index is -1.13. The maximum Gasteiger partial charge on any atom is 0.291 e. The molecule has 2 atom stereocenters. The highest BCUT2D eigenvalue weighted by Gasteiger charge is 2.56. The summed E-state index contributed by atoms with van der Waals surface area (Å²) in [6.07, 6.45) is 3.16. The van der Waals surface area contributed by atoms with Crippen molar-refractivity contribution in [2.45, 2.75) is 71.3 Å². The van der Waals surface area contributed by atoms with E-state index in [0.29, 0.717) is 25.8 Å². The molecule has 0 spiro atoms. The maximum absolute atomic E-state index is 13.4. The summed E-state index contributed by atoms with van der Waals surface area (Å²) in [5, 5.41) is 10.4. The molecule has 0 bridgehead atoms.